The van der Waals surface area contributed by atoms with Gasteiger partial charge in [0.05, 0.1) is 6.61 Å². The number of carboxylic acid groups (broad SMARTS) is 1. The lowest BCUT2D eigenvalue weighted by Crippen LogP contribution is -2.05. The maximum absolute atomic E-state index is 12.0. The molecule has 0 heterocycles. The number of carbonyl (C=O) groups is 2. The topological polar surface area (TPSA) is 63.6 Å². The van der Waals surface area contributed by atoms with Crippen LogP contribution in [0.2, 0.25) is 0 Å². The molecule has 0 aromatic carbocycles. The first-order valence-electron chi connectivity index (χ1n) is 26.2. The molecule has 0 amide bonds. The highest BCUT2D eigenvalue weighted by molar-refractivity contribution is 5.69. The summed E-state index contributed by atoms with van der Waals surface area (Å²) in [6, 6.07) is 0. The zero-order chi connectivity index (χ0) is 41.2. The van der Waals surface area contributed by atoms with Crippen molar-refractivity contribution < 1.29 is 19.4 Å². The lowest BCUT2D eigenvalue weighted by atomic mass is 10.0. The second-order valence-corrected chi connectivity index (χ2v) is 18.0. The average Bonchev–Trinajstić information content (AvgIpc) is 3.20. The van der Waals surface area contributed by atoms with E-state index >= 15 is 0 Å². The van der Waals surface area contributed by atoms with Crippen LogP contribution in [0.3, 0.4) is 0 Å². The van der Waals surface area contributed by atoms with Crippen molar-refractivity contribution in [2.24, 2.45) is 0 Å². The minimum atomic E-state index is -0.652. The number of unbranched alkanes of at least 4 members (excludes halogenated alkanes) is 42. The Morgan fingerprint density at radius 3 is 0.877 bits per heavy atom. The predicted octanol–water partition coefficient (Wildman–Crippen LogP) is 18.5. The fourth-order valence-corrected chi connectivity index (χ4v) is 8.28. The van der Waals surface area contributed by atoms with Crippen LogP contribution in [0, 0.1) is 0 Å². The predicted molar refractivity (Wildman–Crippen MR) is 250 cm³/mol. The number of hydrogen-bond donors (Lipinski definition) is 1. The highest BCUT2D eigenvalue weighted by atomic mass is 16.5. The van der Waals surface area contributed by atoms with Crippen molar-refractivity contribution in [1.82, 2.24) is 0 Å². The second-order valence-electron chi connectivity index (χ2n) is 18.0. The molecule has 0 atom stereocenters. The largest absolute Gasteiger partial charge is 0.481 e. The van der Waals surface area contributed by atoms with E-state index in [4.69, 9.17) is 9.84 Å². The summed E-state index contributed by atoms with van der Waals surface area (Å²) >= 11 is 0. The zero-order valence-corrected chi connectivity index (χ0v) is 38.8. The molecular weight excluding hydrogens is 701 g/mol. The molecular formula is C53H102O4. The summed E-state index contributed by atoms with van der Waals surface area (Å²) in [5, 5.41) is 8.67. The third-order valence-corrected chi connectivity index (χ3v) is 12.2. The molecule has 0 aromatic rings. The molecule has 4 heteroatoms. The Morgan fingerprint density at radius 2 is 0.579 bits per heavy atom. The molecule has 0 rings (SSSR count). The van der Waals surface area contributed by atoms with Gasteiger partial charge < -0.3 is 9.84 Å². The highest BCUT2D eigenvalue weighted by Gasteiger charge is 2.03. The summed E-state index contributed by atoms with van der Waals surface area (Å²) in [6.07, 6.45) is 65.9. The van der Waals surface area contributed by atoms with Gasteiger partial charge in [-0.3, -0.25) is 9.59 Å². The molecule has 4 nitrogen and oxygen atoms in total. The fourth-order valence-electron chi connectivity index (χ4n) is 8.28. The third-order valence-electron chi connectivity index (χ3n) is 12.2. The number of allylic oxidation sites excluding steroid dienone is 2. The van der Waals surface area contributed by atoms with Gasteiger partial charge in [0.25, 0.3) is 0 Å². The van der Waals surface area contributed by atoms with E-state index < -0.39 is 5.97 Å². The van der Waals surface area contributed by atoms with Crippen LogP contribution in [0.5, 0.6) is 0 Å². The number of rotatable bonds is 50. The van der Waals surface area contributed by atoms with Gasteiger partial charge in [-0.25, -0.2) is 0 Å². The van der Waals surface area contributed by atoms with E-state index in [1.807, 2.05) is 0 Å². The Bertz CT molecular complexity index is 807. The van der Waals surface area contributed by atoms with Crippen LogP contribution in [0.15, 0.2) is 12.2 Å². The average molecular weight is 803 g/mol. The van der Waals surface area contributed by atoms with Crippen LogP contribution in [0.1, 0.15) is 309 Å². The van der Waals surface area contributed by atoms with E-state index in [-0.39, 0.29) is 5.97 Å². The minimum absolute atomic E-state index is 0.0190. The molecule has 0 fully saturated rings. The van der Waals surface area contributed by atoms with Gasteiger partial charge in [0, 0.05) is 12.8 Å². The summed E-state index contributed by atoms with van der Waals surface area (Å²) in [4.78, 5) is 22.6. The van der Waals surface area contributed by atoms with E-state index in [0.29, 0.717) is 19.4 Å². The van der Waals surface area contributed by atoms with Gasteiger partial charge in [0.2, 0.25) is 0 Å². The molecule has 0 saturated heterocycles. The Labute approximate surface area is 357 Å². The molecule has 0 aliphatic carbocycles. The van der Waals surface area contributed by atoms with Crippen molar-refractivity contribution in [2.75, 3.05) is 6.61 Å². The van der Waals surface area contributed by atoms with Gasteiger partial charge >= 0.3 is 11.9 Å². The van der Waals surface area contributed by atoms with E-state index in [2.05, 4.69) is 19.1 Å². The summed E-state index contributed by atoms with van der Waals surface area (Å²) in [5.74, 6) is -0.633. The minimum Gasteiger partial charge on any atom is -0.481 e. The van der Waals surface area contributed by atoms with Crippen molar-refractivity contribution in [3.8, 4) is 0 Å². The number of hydrogen-bond acceptors (Lipinski definition) is 3. The Kier molecular flexibility index (Phi) is 49.6. The second kappa shape index (κ2) is 50.8. The summed E-state index contributed by atoms with van der Waals surface area (Å²) in [6.45, 7) is 2.91. The summed E-state index contributed by atoms with van der Waals surface area (Å²) in [5.41, 5.74) is 0. The van der Waals surface area contributed by atoms with Crippen molar-refractivity contribution in [2.45, 2.75) is 309 Å². The first-order valence-corrected chi connectivity index (χ1v) is 26.2. The lowest BCUT2D eigenvalue weighted by Gasteiger charge is -2.06. The van der Waals surface area contributed by atoms with Crippen LogP contribution < -0.4 is 0 Å². The smallest absolute Gasteiger partial charge is 0.305 e. The van der Waals surface area contributed by atoms with Crippen molar-refractivity contribution in [3.05, 3.63) is 12.2 Å². The zero-order valence-electron chi connectivity index (χ0n) is 38.8. The normalized spacial score (nSPS) is 11.6. The van der Waals surface area contributed by atoms with Gasteiger partial charge in [-0.1, -0.05) is 263 Å². The standard InChI is InChI=1S/C53H102O4/c1-2-3-4-5-6-7-8-9-10-25-29-32-35-38-41-44-47-50-53(56)57-51-48-45-42-39-36-33-30-27-24-22-20-18-16-14-12-11-13-15-17-19-21-23-26-28-31-34-37-40-43-46-49-52(54)55/h9-10H,2-8,11-51H2,1H3,(H,54,55). The Balaban J connectivity index is 3.15. The van der Waals surface area contributed by atoms with Crippen LogP contribution in [0.4, 0.5) is 0 Å². The first kappa shape index (κ1) is 55.7. The van der Waals surface area contributed by atoms with Gasteiger partial charge in [-0.2, -0.15) is 0 Å². The number of carbonyl (C=O) groups excluding carboxylic acids is 1. The molecule has 0 unspecified atom stereocenters. The van der Waals surface area contributed by atoms with Crippen molar-refractivity contribution >= 4 is 11.9 Å². The lowest BCUT2D eigenvalue weighted by molar-refractivity contribution is -0.144. The molecule has 0 aliphatic heterocycles. The molecule has 0 saturated carbocycles. The van der Waals surface area contributed by atoms with Crippen LogP contribution in [0.25, 0.3) is 0 Å². The van der Waals surface area contributed by atoms with E-state index in [1.165, 1.54) is 263 Å². The van der Waals surface area contributed by atoms with E-state index in [0.717, 1.165) is 25.7 Å². The number of ether oxygens (including phenoxy) is 1. The van der Waals surface area contributed by atoms with Gasteiger partial charge in [0.1, 0.15) is 0 Å². The Hall–Kier alpha value is -1.32. The molecule has 0 bridgehead atoms. The Morgan fingerprint density at radius 1 is 0.333 bits per heavy atom. The van der Waals surface area contributed by atoms with Crippen molar-refractivity contribution in [3.63, 3.8) is 0 Å². The molecule has 0 aromatic heterocycles. The maximum atomic E-state index is 12.0. The van der Waals surface area contributed by atoms with Gasteiger partial charge in [0.15, 0.2) is 0 Å². The van der Waals surface area contributed by atoms with Gasteiger partial charge in [-0.15, -0.1) is 0 Å². The highest BCUT2D eigenvalue weighted by Crippen LogP contribution is 2.17. The first-order chi connectivity index (χ1) is 28.2. The SMILES string of the molecule is CCCCCCCCC=CCCCCCCCCCC(=O)OCCCCCCCCCCCCCCCCCCCCCCCCCCCCCCCCC(=O)O. The van der Waals surface area contributed by atoms with Crippen LogP contribution in [-0.2, 0) is 14.3 Å². The number of esters is 1. The number of aliphatic carboxylic acids is 1. The van der Waals surface area contributed by atoms with Crippen LogP contribution >= 0.6 is 0 Å². The summed E-state index contributed by atoms with van der Waals surface area (Å²) < 4.78 is 5.49. The monoisotopic (exact) mass is 803 g/mol. The molecule has 0 aliphatic rings. The van der Waals surface area contributed by atoms with Gasteiger partial charge in [-0.05, 0) is 44.9 Å². The number of carboxylic acids is 1. The quantitative estimate of drug-likeness (QED) is 0.0378. The molecule has 338 valence electrons. The molecule has 0 radical (unpaired) electrons. The molecule has 0 spiro atoms. The van der Waals surface area contributed by atoms with E-state index in [9.17, 15) is 9.59 Å². The van der Waals surface area contributed by atoms with Crippen LogP contribution in [-0.4, -0.2) is 23.7 Å². The van der Waals surface area contributed by atoms with E-state index in [1.54, 1.807) is 0 Å². The third kappa shape index (κ3) is 52.7. The summed E-state index contributed by atoms with van der Waals surface area (Å²) in [7, 11) is 0. The fraction of sp³-hybridized carbons (Fsp3) is 0.925. The maximum Gasteiger partial charge on any atom is 0.305 e. The molecule has 1 N–H and O–H groups in total. The molecule has 57 heavy (non-hydrogen) atoms. The van der Waals surface area contributed by atoms with Crippen molar-refractivity contribution in [1.29, 1.82) is 0 Å².